The highest BCUT2D eigenvalue weighted by Gasteiger charge is 2.34. The molecule has 3 N–H and O–H groups in total. The number of carbonyl (C=O) groups is 1. The smallest absolute Gasteiger partial charge is 0.428 e. The third-order valence-electron chi connectivity index (χ3n) is 3.24. The van der Waals surface area contributed by atoms with E-state index < -0.39 is 17.8 Å². The van der Waals surface area contributed by atoms with Crippen LogP contribution < -0.4 is 10.7 Å². The first-order valence-electron chi connectivity index (χ1n) is 6.89. The highest BCUT2D eigenvalue weighted by molar-refractivity contribution is 6.04. The lowest BCUT2D eigenvalue weighted by Crippen LogP contribution is -2.31. The average Bonchev–Trinajstić information content (AvgIpc) is 2.47. The molecule has 1 amide bonds. The number of nitrogens with zero attached hydrogens (tertiary/aromatic N) is 1. The Bertz CT molecular complexity index is 617. The molecule has 126 valence electrons. The van der Waals surface area contributed by atoms with E-state index in [1.807, 2.05) is 0 Å². The molecule has 23 heavy (non-hydrogen) atoms. The van der Waals surface area contributed by atoms with E-state index in [4.69, 9.17) is 9.84 Å². The normalized spacial score (nSPS) is 16.2. The van der Waals surface area contributed by atoms with Crippen molar-refractivity contribution in [2.45, 2.75) is 25.6 Å². The first-order chi connectivity index (χ1) is 10.8. The lowest BCUT2D eigenvalue weighted by Gasteiger charge is -2.20. The number of rotatable bonds is 5. The van der Waals surface area contributed by atoms with Gasteiger partial charge in [0.2, 0.25) is 0 Å². The quantitative estimate of drug-likeness (QED) is 0.773. The molecule has 0 fully saturated rings. The number of hydrogen-bond acceptors (Lipinski definition) is 5. The van der Waals surface area contributed by atoms with Crippen molar-refractivity contribution in [3.63, 3.8) is 0 Å². The summed E-state index contributed by atoms with van der Waals surface area (Å²) >= 11 is 0. The number of aliphatic hydroxyl groups excluding tert-OH is 1. The van der Waals surface area contributed by atoms with Crippen LogP contribution in [0.15, 0.2) is 23.3 Å². The molecular formula is C14H16F3N3O3. The van der Waals surface area contributed by atoms with E-state index in [1.54, 1.807) is 6.92 Å². The van der Waals surface area contributed by atoms with Gasteiger partial charge in [0.25, 0.3) is 0 Å². The van der Waals surface area contributed by atoms with Crippen LogP contribution in [0.2, 0.25) is 0 Å². The largest absolute Gasteiger partial charge is 0.442 e. The number of hydrogen-bond donors (Lipinski definition) is 3. The van der Waals surface area contributed by atoms with Gasteiger partial charge in [0.05, 0.1) is 5.56 Å². The van der Waals surface area contributed by atoms with Crippen molar-refractivity contribution in [2.24, 2.45) is 5.10 Å². The maximum absolute atomic E-state index is 13.3. The Morgan fingerprint density at radius 3 is 2.78 bits per heavy atom. The topological polar surface area (TPSA) is 83.0 Å². The van der Waals surface area contributed by atoms with E-state index in [-0.39, 0.29) is 36.2 Å². The zero-order valence-corrected chi connectivity index (χ0v) is 12.3. The SMILES string of the molecule is CC(CCO)Nc1ccc(C2=NNC(=O)OC2)cc1C(F)(F)F. The predicted molar refractivity (Wildman–Crippen MR) is 77.3 cm³/mol. The van der Waals surface area contributed by atoms with Gasteiger partial charge in [-0.25, -0.2) is 10.2 Å². The van der Waals surface area contributed by atoms with Crippen molar-refractivity contribution >= 4 is 17.5 Å². The number of halogens is 3. The van der Waals surface area contributed by atoms with Gasteiger partial charge in [-0.1, -0.05) is 6.07 Å². The number of ether oxygens (including phenoxy) is 1. The molecule has 1 aliphatic rings. The average molecular weight is 331 g/mol. The summed E-state index contributed by atoms with van der Waals surface area (Å²) in [5.41, 5.74) is 1.53. The molecule has 6 nitrogen and oxygen atoms in total. The Labute approximate surface area is 130 Å². The van der Waals surface area contributed by atoms with Gasteiger partial charge in [0.1, 0.15) is 12.3 Å². The molecule has 0 spiro atoms. The summed E-state index contributed by atoms with van der Waals surface area (Å²) in [5, 5.41) is 15.3. The minimum absolute atomic E-state index is 0.0800. The molecule has 1 aromatic carbocycles. The van der Waals surface area contributed by atoms with Crippen LogP contribution in [-0.2, 0) is 10.9 Å². The van der Waals surface area contributed by atoms with E-state index in [2.05, 4.69) is 15.8 Å². The number of carbonyl (C=O) groups excluding carboxylic acids is 1. The molecule has 0 bridgehead atoms. The van der Waals surface area contributed by atoms with Gasteiger partial charge in [0, 0.05) is 23.9 Å². The molecule has 2 rings (SSSR count). The summed E-state index contributed by atoms with van der Waals surface area (Å²) in [4.78, 5) is 10.9. The summed E-state index contributed by atoms with van der Waals surface area (Å²) in [6, 6.07) is 3.39. The zero-order valence-electron chi connectivity index (χ0n) is 12.3. The number of hydrazone groups is 1. The van der Waals surface area contributed by atoms with E-state index in [9.17, 15) is 18.0 Å². The number of benzene rings is 1. The lowest BCUT2D eigenvalue weighted by molar-refractivity contribution is -0.137. The predicted octanol–water partition coefficient (Wildman–Crippen LogP) is 2.33. The van der Waals surface area contributed by atoms with Crippen LogP contribution in [0.25, 0.3) is 0 Å². The van der Waals surface area contributed by atoms with Gasteiger partial charge >= 0.3 is 12.3 Å². The molecule has 1 aromatic rings. The van der Waals surface area contributed by atoms with Crippen LogP contribution in [0.4, 0.5) is 23.7 Å². The molecule has 0 saturated heterocycles. The van der Waals surface area contributed by atoms with Crippen LogP contribution in [-0.4, -0.2) is 36.2 Å². The van der Waals surface area contributed by atoms with Crippen LogP contribution in [0.5, 0.6) is 0 Å². The minimum atomic E-state index is -4.56. The van der Waals surface area contributed by atoms with Crippen LogP contribution in [0.1, 0.15) is 24.5 Å². The molecule has 0 saturated carbocycles. The summed E-state index contributed by atoms with van der Waals surface area (Å²) in [6.07, 6.45) is -4.98. The maximum Gasteiger partial charge on any atom is 0.428 e. The highest BCUT2D eigenvalue weighted by atomic mass is 19.4. The van der Waals surface area contributed by atoms with Gasteiger partial charge in [-0.15, -0.1) is 0 Å². The fourth-order valence-electron chi connectivity index (χ4n) is 2.07. The monoisotopic (exact) mass is 331 g/mol. The summed E-state index contributed by atoms with van der Waals surface area (Å²) in [6.45, 7) is 1.36. The van der Waals surface area contributed by atoms with Crippen LogP contribution >= 0.6 is 0 Å². The first-order valence-corrected chi connectivity index (χ1v) is 6.89. The molecule has 0 aliphatic carbocycles. The van der Waals surface area contributed by atoms with Crippen molar-refractivity contribution < 1.29 is 27.8 Å². The number of nitrogens with one attached hydrogen (secondary N) is 2. The third-order valence-corrected chi connectivity index (χ3v) is 3.24. The second-order valence-corrected chi connectivity index (χ2v) is 5.06. The Balaban J connectivity index is 2.33. The highest BCUT2D eigenvalue weighted by Crippen LogP contribution is 2.36. The van der Waals surface area contributed by atoms with Crippen molar-refractivity contribution in [2.75, 3.05) is 18.5 Å². The Kier molecular flexibility index (Phi) is 5.09. The molecule has 1 heterocycles. The van der Waals surface area contributed by atoms with Gasteiger partial charge in [-0.05, 0) is 25.5 Å². The third kappa shape index (κ3) is 4.35. The molecule has 9 heteroatoms. The standard InChI is InChI=1S/C14H16F3N3O3/c1-8(4-5-21)18-11-3-2-9(6-10(11)14(15,16)17)12-7-23-13(22)20-19-12/h2-3,6,8,18,21H,4-5,7H2,1H3,(H,20,22). The van der Waals surface area contributed by atoms with Crippen molar-refractivity contribution in [3.05, 3.63) is 29.3 Å². The van der Waals surface area contributed by atoms with Crippen molar-refractivity contribution in [3.8, 4) is 0 Å². The second kappa shape index (κ2) is 6.86. The van der Waals surface area contributed by atoms with Crippen molar-refractivity contribution in [1.82, 2.24) is 5.43 Å². The van der Waals surface area contributed by atoms with E-state index in [0.717, 1.165) is 6.07 Å². The molecule has 1 atom stereocenters. The number of amides is 1. The molecule has 1 unspecified atom stereocenters. The summed E-state index contributed by atoms with van der Waals surface area (Å²) in [5.74, 6) is 0. The summed E-state index contributed by atoms with van der Waals surface area (Å²) < 4.78 is 44.5. The molecule has 1 aliphatic heterocycles. The minimum Gasteiger partial charge on any atom is -0.442 e. The summed E-state index contributed by atoms with van der Waals surface area (Å²) in [7, 11) is 0. The van der Waals surface area contributed by atoms with Crippen LogP contribution in [0, 0.1) is 0 Å². The molecule has 0 radical (unpaired) electrons. The van der Waals surface area contributed by atoms with E-state index in [1.165, 1.54) is 12.1 Å². The number of anilines is 1. The van der Waals surface area contributed by atoms with Gasteiger partial charge < -0.3 is 15.2 Å². The van der Waals surface area contributed by atoms with Gasteiger partial charge in [0.15, 0.2) is 0 Å². The fraction of sp³-hybridized carbons (Fsp3) is 0.429. The van der Waals surface area contributed by atoms with E-state index in [0.29, 0.717) is 6.42 Å². The fourth-order valence-corrected chi connectivity index (χ4v) is 2.07. The Morgan fingerprint density at radius 1 is 1.48 bits per heavy atom. The van der Waals surface area contributed by atoms with Gasteiger partial charge in [-0.2, -0.15) is 18.3 Å². The van der Waals surface area contributed by atoms with Gasteiger partial charge in [-0.3, -0.25) is 0 Å². The number of aliphatic hydroxyl groups is 1. The Hall–Kier alpha value is -2.29. The Morgan fingerprint density at radius 2 is 2.22 bits per heavy atom. The first kappa shape index (κ1) is 17.1. The van der Waals surface area contributed by atoms with Crippen LogP contribution in [0.3, 0.4) is 0 Å². The number of alkyl halides is 3. The maximum atomic E-state index is 13.3. The second-order valence-electron chi connectivity index (χ2n) is 5.06. The van der Waals surface area contributed by atoms with Crippen molar-refractivity contribution in [1.29, 1.82) is 0 Å². The van der Waals surface area contributed by atoms with E-state index >= 15 is 0 Å². The molecular weight excluding hydrogens is 315 g/mol. The number of cyclic esters (lactones) is 1. The zero-order chi connectivity index (χ0) is 17.0. The molecule has 0 aromatic heterocycles. The lowest BCUT2D eigenvalue weighted by atomic mass is 10.0.